The number of nitrogens with zero attached hydrogens (tertiary/aromatic N) is 4. The van der Waals surface area contributed by atoms with E-state index in [2.05, 4.69) is 38.8 Å². The standard InChI is InChI=1S/C17H22N4O2S/c1-20(2)14-7-5-13(6-8-14)11-21(12-15-4-3-9-23-15)17(22)16-10-18-19-24-16/h5-8,10,15H,3-4,9,11-12H2,1-2H3/t15-/m1/s1. The number of hydrogen-bond acceptors (Lipinski definition) is 6. The van der Waals surface area contributed by atoms with Crippen molar-refractivity contribution < 1.29 is 9.53 Å². The number of aromatic nitrogens is 2. The molecule has 0 aliphatic carbocycles. The molecule has 24 heavy (non-hydrogen) atoms. The van der Waals surface area contributed by atoms with E-state index in [0.29, 0.717) is 18.0 Å². The van der Waals surface area contributed by atoms with E-state index in [1.165, 1.54) is 6.20 Å². The molecule has 0 bridgehead atoms. The van der Waals surface area contributed by atoms with Gasteiger partial charge < -0.3 is 14.5 Å². The van der Waals surface area contributed by atoms with Crippen LogP contribution in [0.25, 0.3) is 0 Å². The van der Waals surface area contributed by atoms with Crippen LogP contribution in [0.15, 0.2) is 30.5 Å². The van der Waals surface area contributed by atoms with Gasteiger partial charge in [-0.2, -0.15) is 0 Å². The Kier molecular flexibility index (Phi) is 5.42. The minimum atomic E-state index is -0.0304. The van der Waals surface area contributed by atoms with Crippen LogP contribution >= 0.6 is 11.5 Å². The van der Waals surface area contributed by atoms with Gasteiger partial charge in [0.25, 0.3) is 5.91 Å². The fourth-order valence-electron chi connectivity index (χ4n) is 2.79. The highest BCUT2D eigenvalue weighted by Gasteiger charge is 2.24. The van der Waals surface area contributed by atoms with Crippen molar-refractivity contribution in [3.8, 4) is 0 Å². The van der Waals surface area contributed by atoms with E-state index in [9.17, 15) is 4.79 Å². The van der Waals surface area contributed by atoms with Crippen LogP contribution in [0.4, 0.5) is 5.69 Å². The van der Waals surface area contributed by atoms with E-state index in [1.54, 1.807) is 0 Å². The Morgan fingerprint density at radius 1 is 1.33 bits per heavy atom. The summed E-state index contributed by atoms with van der Waals surface area (Å²) in [4.78, 5) is 17.2. The van der Waals surface area contributed by atoms with Gasteiger partial charge in [-0.1, -0.05) is 16.6 Å². The van der Waals surface area contributed by atoms with Gasteiger partial charge in [0, 0.05) is 39.5 Å². The summed E-state index contributed by atoms with van der Waals surface area (Å²) in [5.41, 5.74) is 2.24. The Balaban J connectivity index is 1.74. The average molecular weight is 346 g/mol. The van der Waals surface area contributed by atoms with Crippen LogP contribution in [-0.2, 0) is 11.3 Å². The zero-order chi connectivity index (χ0) is 16.9. The van der Waals surface area contributed by atoms with Gasteiger partial charge in [-0.05, 0) is 42.1 Å². The molecule has 1 atom stereocenters. The number of amides is 1. The molecule has 0 spiro atoms. The lowest BCUT2D eigenvalue weighted by molar-refractivity contribution is 0.0511. The maximum atomic E-state index is 12.8. The largest absolute Gasteiger partial charge is 0.378 e. The van der Waals surface area contributed by atoms with Gasteiger partial charge >= 0.3 is 0 Å². The van der Waals surface area contributed by atoms with Crippen LogP contribution in [0, 0.1) is 0 Å². The first kappa shape index (κ1) is 16.9. The Morgan fingerprint density at radius 3 is 2.71 bits per heavy atom. The number of hydrogen-bond donors (Lipinski definition) is 0. The van der Waals surface area contributed by atoms with Crippen molar-refractivity contribution in [1.29, 1.82) is 0 Å². The molecule has 0 N–H and O–H groups in total. The van der Waals surface area contributed by atoms with E-state index in [4.69, 9.17) is 4.74 Å². The zero-order valence-electron chi connectivity index (χ0n) is 14.0. The Labute approximate surface area is 146 Å². The van der Waals surface area contributed by atoms with Gasteiger partial charge in [-0.15, -0.1) is 5.10 Å². The smallest absolute Gasteiger partial charge is 0.267 e. The highest BCUT2D eigenvalue weighted by molar-refractivity contribution is 7.07. The quantitative estimate of drug-likeness (QED) is 0.804. The molecule has 3 rings (SSSR count). The summed E-state index contributed by atoms with van der Waals surface area (Å²) in [6.45, 7) is 1.95. The van der Waals surface area contributed by atoms with Crippen molar-refractivity contribution in [3.63, 3.8) is 0 Å². The molecule has 2 heterocycles. The summed E-state index contributed by atoms with van der Waals surface area (Å²) in [6, 6.07) is 8.27. The molecule has 1 amide bonds. The van der Waals surface area contributed by atoms with E-state index < -0.39 is 0 Å². The Morgan fingerprint density at radius 2 is 2.12 bits per heavy atom. The lowest BCUT2D eigenvalue weighted by atomic mass is 10.1. The summed E-state index contributed by atoms with van der Waals surface area (Å²) in [5, 5.41) is 3.78. The normalized spacial score (nSPS) is 17.0. The van der Waals surface area contributed by atoms with Crippen LogP contribution in [0.5, 0.6) is 0 Å². The summed E-state index contributed by atoms with van der Waals surface area (Å²) in [6.07, 6.45) is 3.72. The predicted molar refractivity (Wildman–Crippen MR) is 94.4 cm³/mol. The van der Waals surface area contributed by atoms with Crippen LogP contribution in [-0.4, -0.2) is 53.7 Å². The Bertz CT molecular complexity index is 652. The number of carbonyl (C=O) groups excluding carboxylic acids is 1. The van der Waals surface area contributed by atoms with Gasteiger partial charge in [0.05, 0.1) is 12.3 Å². The van der Waals surface area contributed by atoms with Crippen LogP contribution < -0.4 is 4.90 Å². The molecule has 128 valence electrons. The van der Waals surface area contributed by atoms with E-state index in [-0.39, 0.29) is 12.0 Å². The summed E-state index contributed by atoms with van der Waals surface area (Å²) in [5.74, 6) is -0.0304. The number of carbonyl (C=O) groups is 1. The van der Waals surface area contributed by atoms with E-state index in [1.807, 2.05) is 19.0 Å². The molecular weight excluding hydrogens is 324 g/mol. The molecule has 1 fully saturated rings. The van der Waals surface area contributed by atoms with Crippen LogP contribution in [0.3, 0.4) is 0 Å². The number of rotatable bonds is 6. The summed E-state index contributed by atoms with van der Waals surface area (Å²) < 4.78 is 9.51. The monoisotopic (exact) mass is 346 g/mol. The third-order valence-electron chi connectivity index (χ3n) is 4.13. The SMILES string of the molecule is CN(C)c1ccc(CN(C[C@H]2CCCO2)C(=O)c2cnns2)cc1. The van der Waals surface area contributed by atoms with Crippen molar-refractivity contribution in [2.45, 2.75) is 25.5 Å². The molecule has 1 aromatic carbocycles. The molecule has 0 saturated carbocycles. The van der Waals surface area contributed by atoms with Crippen molar-refractivity contribution >= 4 is 23.1 Å². The minimum Gasteiger partial charge on any atom is -0.378 e. The lowest BCUT2D eigenvalue weighted by Gasteiger charge is -2.25. The summed E-state index contributed by atoms with van der Waals surface area (Å²) >= 11 is 1.13. The second-order valence-corrected chi connectivity index (χ2v) is 6.95. The number of benzene rings is 1. The topological polar surface area (TPSA) is 58.6 Å². The van der Waals surface area contributed by atoms with Crippen molar-refractivity contribution in [3.05, 3.63) is 40.9 Å². The van der Waals surface area contributed by atoms with Crippen LogP contribution in [0.2, 0.25) is 0 Å². The van der Waals surface area contributed by atoms with E-state index in [0.717, 1.165) is 42.2 Å². The van der Waals surface area contributed by atoms with Crippen molar-refractivity contribution in [2.24, 2.45) is 0 Å². The molecule has 2 aromatic rings. The molecule has 1 aliphatic rings. The molecule has 0 unspecified atom stereocenters. The second kappa shape index (κ2) is 7.72. The highest BCUT2D eigenvalue weighted by atomic mass is 32.1. The first-order valence-electron chi connectivity index (χ1n) is 8.08. The number of anilines is 1. The molecule has 1 saturated heterocycles. The maximum Gasteiger partial charge on any atom is 0.267 e. The number of ether oxygens (including phenoxy) is 1. The first-order chi connectivity index (χ1) is 11.6. The van der Waals surface area contributed by atoms with Gasteiger partial charge in [-0.25, -0.2) is 0 Å². The maximum absolute atomic E-state index is 12.8. The molecular formula is C17H22N4O2S. The molecule has 1 aliphatic heterocycles. The molecule has 7 heteroatoms. The average Bonchev–Trinajstić information content (AvgIpc) is 3.28. The van der Waals surface area contributed by atoms with Crippen LogP contribution in [0.1, 0.15) is 28.1 Å². The highest BCUT2D eigenvalue weighted by Crippen LogP contribution is 2.19. The first-order valence-corrected chi connectivity index (χ1v) is 8.85. The van der Waals surface area contributed by atoms with E-state index >= 15 is 0 Å². The van der Waals surface area contributed by atoms with Gasteiger partial charge in [0.15, 0.2) is 0 Å². The third-order valence-corrected chi connectivity index (χ3v) is 4.79. The second-order valence-electron chi connectivity index (χ2n) is 6.16. The third kappa shape index (κ3) is 4.10. The fraction of sp³-hybridized carbons (Fsp3) is 0.471. The fourth-order valence-corrected chi connectivity index (χ4v) is 3.27. The molecule has 1 aromatic heterocycles. The molecule has 0 radical (unpaired) electrons. The minimum absolute atomic E-state index is 0.0304. The van der Waals surface area contributed by atoms with Gasteiger partial charge in [-0.3, -0.25) is 4.79 Å². The van der Waals surface area contributed by atoms with Crippen molar-refractivity contribution in [2.75, 3.05) is 32.1 Å². The van der Waals surface area contributed by atoms with Gasteiger partial charge in [0.2, 0.25) is 0 Å². The Hall–Kier alpha value is -1.99. The zero-order valence-corrected chi connectivity index (χ0v) is 14.8. The van der Waals surface area contributed by atoms with Gasteiger partial charge in [0.1, 0.15) is 4.88 Å². The lowest BCUT2D eigenvalue weighted by Crippen LogP contribution is -2.36. The molecule has 6 nitrogen and oxygen atoms in total. The predicted octanol–water partition coefficient (Wildman–Crippen LogP) is 2.43. The summed E-state index contributed by atoms with van der Waals surface area (Å²) in [7, 11) is 4.03. The van der Waals surface area contributed by atoms with Crippen molar-refractivity contribution in [1.82, 2.24) is 14.5 Å².